The molecule has 24 heavy (non-hydrogen) atoms. The number of carboxylic acids is 1. The van der Waals surface area contributed by atoms with Gasteiger partial charge in [0.15, 0.2) is 0 Å². The second kappa shape index (κ2) is 6.60. The fourth-order valence-electron chi connectivity index (χ4n) is 2.16. The number of aromatic carboxylic acids is 1. The number of furan rings is 1. The highest BCUT2D eigenvalue weighted by atomic mass is 35.5. The highest BCUT2D eigenvalue weighted by Gasteiger charge is 2.11. The van der Waals surface area contributed by atoms with Gasteiger partial charge in [-0.25, -0.2) is 4.79 Å². The summed E-state index contributed by atoms with van der Waals surface area (Å²) in [5.74, 6) is -1.06. The number of benzene rings is 2. The summed E-state index contributed by atoms with van der Waals surface area (Å²) in [5, 5.41) is 12.1. The number of rotatable bonds is 4. The molecule has 1 amide bonds. The molecule has 3 rings (SSSR count). The van der Waals surface area contributed by atoms with Crippen LogP contribution in [0.1, 0.15) is 20.9 Å². The van der Waals surface area contributed by atoms with Crippen molar-refractivity contribution in [3.05, 3.63) is 77.0 Å². The van der Waals surface area contributed by atoms with E-state index >= 15 is 0 Å². The zero-order valence-corrected chi connectivity index (χ0v) is 13.1. The molecule has 0 unspecified atom stereocenters. The minimum Gasteiger partial charge on any atom is -0.475 e. The van der Waals surface area contributed by atoms with Crippen molar-refractivity contribution in [2.75, 3.05) is 5.32 Å². The third-order valence-corrected chi connectivity index (χ3v) is 3.57. The standard InChI is InChI=1S/C18H12ClNO4/c19-13-3-1-2-12(10-13)17(21)20-14-6-4-11(5-7-14)15-8-9-16(24-15)18(22)23/h1-10H,(H,20,21)(H,22,23). The molecule has 2 aromatic carbocycles. The van der Waals surface area contributed by atoms with Gasteiger partial charge in [-0.15, -0.1) is 0 Å². The third-order valence-electron chi connectivity index (χ3n) is 3.33. The maximum Gasteiger partial charge on any atom is 0.371 e. The van der Waals surface area contributed by atoms with Crippen molar-refractivity contribution in [3.8, 4) is 11.3 Å². The number of carbonyl (C=O) groups excluding carboxylic acids is 1. The molecule has 0 spiro atoms. The molecule has 0 saturated carbocycles. The van der Waals surface area contributed by atoms with Gasteiger partial charge in [-0.05, 0) is 54.6 Å². The predicted molar refractivity (Wildman–Crippen MR) is 90.5 cm³/mol. The number of carboxylic acid groups (broad SMARTS) is 1. The van der Waals surface area contributed by atoms with E-state index in [2.05, 4.69) is 5.32 Å². The molecule has 0 aliphatic heterocycles. The van der Waals surface area contributed by atoms with Crippen molar-refractivity contribution in [2.45, 2.75) is 0 Å². The van der Waals surface area contributed by atoms with Crippen LogP contribution >= 0.6 is 11.6 Å². The van der Waals surface area contributed by atoms with Crippen LogP contribution in [0.3, 0.4) is 0 Å². The van der Waals surface area contributed by atoms with Crippen molar-refractivity contribution >= 4 is 29.2 Å². The fourth-order valence-corrected chi connectivity index (χ4v) is 2.35. The molecular weight excluding hydrogens is 330 g/mol. The van der Waals surface area contributed by atoms with Crippen LogP contribution < -0.4 is 5.32 Å². The second-order valence-corrected chi connectivity index (χ2v) is 5.45. The molecule has 2 N–H and O–H groups in total. The summed E-state index contributed by atoms with van der Waals surface area (Å²) < 4.78 is 5.23. The molecule has 0 fully saturated rings. The normalized spacial score (nSPS) is 10.4. The Morgan fingerprint density at radius 3 is 2.38 bits per heavy atom. The average molecular weight is 342 g/mol. The lowest BCUT2D eigenvalue weighted by atomic mass is 10.1. The smallest absolute Gasteiger partial charge is 0.371 e. The van der Waals surface area contributed by atoms with Gasteiger partial charge in [0.05, 0.1) is 0 Å². The molecule has 0 radical (unpaired) electrons. The summed E-state index contributed by atoms with van der Waals surface area (Å²) in [6.45, 7) is 0. The number of hydrogen-bond acceptors (Lipinski definition) is 3. The summed E-state index contributed by atoms with van der Waals surface area (Å²) in [7, 11) is 0. The molecule has 120 valence electrons. The van der Waals surface area contributed by atoms with E-state index in [9.17, 15) is 9.59 Å². The van der Waals surface area contributed by atoms with Gasteiger partial charge in [0, 0.05) is 21.8 Å². The van der Waals surface area contributed by atoms with Gasteiger partial charge in [-0.2, -0.15) is 0 Å². The quantitative estimate of drug-likeness (QED) is 0.729. The van der Waals surface area contributed by atoms with E-state index in [4.69, 9.17) is 21.1 Å². The lowest BCUT2D eigenvalue weighted by molar-refractivity contribution is 0.0663. The molecule has 0 saturated heterocycles. The molecule has 6 heteroatoms. The average Bonchev–Trinajstić information content (AvgIpc) is 3.06. The Kier molecular flexibility index (Phi) is 4.35. The van der Waals surface area contributed by atoms with Gasteiger partial charge < -0.3 is 14.8 Å². The van der Waals surface area contributed by atoms with Gasteiger partial charge in [0.25, 0.3) is 5.91 Å². The summed E-state index contributed by atoms with van der Waals surface area (Å²) in [5.41, 5.74) is 1.78. The lowest BCUT2D eigenvalue weighted by Gasteiger charge is -2.06. The highest BCUT2D eigenvalue weighted by molar-refractivity contribution is 6.31. The monoisotopic (exact) mass is 341 g/mol. The van der Waals surface area contributed by atoms with Crippen LogP contribution in [-0.4, -0.2) is 17.0 Å². The molecule has 3 aromatic rings. The number of anilines is 1. The molecule has 0 bridgehead atoms. The first kappa shape index (κ1) is 15.8. The fraction of sp³-hybridized carbons (Fsp3) is 0. The Hall–Kier alpha value is -3.05. The van der Waals surface area contributed by atoms with Crippen LogP contribution in [0.2, 0.25) is 5.02 Å². The molecule has 0 aliphatic carbocycles. The van der Waals surface area contributed by atoms with Crippen LogP contribution in [0.25, 0.3) is 11.3 Å². The summed E-state index contributed by atoms with van der Waals surface area (Å²) in [6, 6.07) is 16.5. The predicted octanol–water partition coefficient (Wildman–Crippen LogP) is 4.55. The van der Waals surface area contributed by atoms with Crippen molar-refractivity contribution in [2.24, 2.45) is 0 Å². The van der Waals surface area contributed by atoms with Crippen LogP contribution in [0, 0.1) is 0 Å². The zero-order valence-electron chi connectivity index (χ0n) is 12.3. The Bertz CT molecular complexity index is 899. The summed E-state index contributed by atoms with van der Waals surface area (Å²) in [4.78, 5) is 23.0. The lowest BCUT2D eigenvalue weighted by Crippen LogP contribution is -2.11. The van der Waals surface area contributed by atoms with Crippen LogP contribution in [-0.2, 0) is 0 Å². The Morgan fingerprint density at radius 1 is 1.00 bits per heavy atom. The molecular formula is C18H12ClNO4. The molecule has 1 heterocycles. The number of halogens is 1. The third kappa shape index (κ3) is 3.47. The van der Waals surface area contributed by atoms with Crippen LogP contribution in [0.4, 0.5) is 5.69 Å². The van der Waals surface area contributed by atoms with Gasteiger partial charge in [0.1, 0.15) is 5.76 Å². The topological polar surface area (TPSA) is 79.5 Å². The largest absolute Gasteiger partial charge is 0.475 e. The first-order chi connectivity index (χ1) is 11.5. The van der Waals surface area contributed by atoms with Crippen LogP contribution in [0.15, 0.2) is 65.1 Å². The summed E-state index contributed by atoms with van der Waals surface area (Å²) in [6.07, 6.45) is 0. The van der Waals surface area contributed by atoms with Gasteiger partial charge in [0.2, 0.25) is 5.76 Å². The van der Waals surface area contributed by atoms with E-state index in [1.165, 1.54) is 6.07 Å². The van der Waals surface area contributed by atoms with Gasteiger partial charge in [-0.1, -0.05) is 17.7 Å². The van der Waals surface area contributed by atoms with Gasteiger partial charge >= 0.3 is 5.97 Å². The maximum atomic E-state index is 12.1. The number of carbonyl (C=O) groups is 2. The zero-order chi connectivity index (χ0) is 17.1. The van der Waals surface area contributed by atoms with E-state index in [1.807, 2.05) is 0 Å². The Balaban J connectivity index is 1.74. The minimum absolute atomic E-state index is 0.122. The van der Waals surface area contributed by atoms with E-state index in [1.54, 1.807) is 54.6 Å². The van der Waals surface area contributed by atoms with Crippen molar-refractivity contribution in [1.82, 2.24) is 0 Å². The Morgan fingerprint density at radius 2 is 1.75 bits per heavy atom. The first-order valence-electron chi connectivity index (χ1n) is 7.03. The molecule has 5 nitrogen and oxygen atoms in total. The van der Waals surface area contributed by atoms with Crippen molar-refractivity contribution in [3.63, 3.8) is 0 Å². The minimum atomic E-state index is -1.12. The van der Waals surface area contributed by atoms with E-state index in [-0.39, 0.29) is 11.7 Å². The van der Waals surface area contributed by atoms with Gasteiger partial charge in [-0.3, -0.25) is 4.79 Å². The Labute approximate surface area is 142 Å². The number of amides is 1. The number of nitrogens with one attached hydrogen (secondary N) is 1. The first-order valence-corrected chi connectivity index (χ1v) is 7.41. The SMILES string of the molecule is O=C(Nc1ccc(-c2ccc(C(=O)O)o2)cc1)c1cccc(Cl)c1. The van der Waals surface area contributed by atoms with E-state index in [0.717, 1.165) is 0 Å². The second-order valence-electron chi connectivity index (χ2n) is 5.01. The van der Waals surface area contributed by atoms with E-state index in [0.29, 0.717) is 27.6 Å². The van der Waals surface area contributed by atoms with Crippen molar-refractivity contribution < 1.29 is 19.1 Å². The van der Waals surface area contributed by atoms with Crippen molar-refractivity contribution in [1.29, 1.82) is 0 Å². The summed E-state index contributed by atoms with van der Waals surface area (Å²) >= 11 is 5.87. The van der Waals surface area contributed by atoms with E-state index < -0.39 is 5.97 Å². The molecule has 0 atom stereocenters. The molecule has 0 aliphatic rings. The highest BCUT2D eigenvalue weighted by Crippen LogP contribution is 2.24. The maximum absolute atomic E-state index is 12.1. The van der Waals surface area contributed by atoms with Crippen LogP contribution in [0.5, 0.6) is 0 Å². The number of hydrogen-bond donors (Lipinski definition) is 2. The molecule has 1 aromatic heterocycles.